The summed E-state index contributed by atoms with van der Waals surface area (Å²) >= 11 is 6.74. The number of carbonyl (C=O) groups excluding carboxylic acids is 1. The first-order valence-electron chi connectivity index (χ1n) is 12.2. The number of carbonyl (C=O) groups is 1. The van der Waals surface area contributed by atoms with Gasteiger partial charge in [0, 0.05) is 47.7 Å². The molecule has 0 saturated carbocycles. The number of halogens is 1. The van der Waals surface area contributed by atoms with Crippen molar-refractivity contribution in [1.82, 2.24) is 19.7 Å². The number of fused-ring (bicyclic) bond motifs is 1. The number of benzene rings is 2. The fraction of sp³-hybridized carbons (Fsp3) is 0.250. The van der Waals surface area contributed by atoms with E-state index in [9.17, 15) is 4.79 Å². The molecule has 0 atom stereocenters. The van der Waals surface area contributed by atoms with Gasteiger partial charge in [0.15, 0.2) is 5.65 Å². The molecule has 0 radical (unpaired) electrons. The Morgan fingerprint density at radius 1 is 1.21 bits per heavy atom. The molecule has 1 aliphatic heterocycles. The summed E-state index contributed by atoms with van der Waals surface area (Å²) in [6, 6.07) is 14.9. The van der Waals surface area contributed by atoms with Crippen molar-refractivity contribution >= 4 is 39.9 Å². The summed E-state index contributed by atoms with van der Waals surface area (Å²) in [5.41, 5.74) is 13.4. The van der Waals surface area contributed by atoms with Crippen molar-refractivity contribution in [3.8, 4) is 12.3 Å². The van der Waals surface area contributed by atoms with Crippen molar-refractivity contribution < 1.29 is 4.79 Å². The Balaban J connectivity index is 1.28. The smallest absolute Gasteiger partial charge is 0.258 e. The van der Waals surface area contributed by atoms with Crippen LogP contribution in [0.3, 0.4) is 0 Å². The third-order valence-electron chi connectivity index (χ3n) is 6.79. The molecule has 9 nitrogen and oxygen atoms in total. The third-order valence-corrected chi connectivity index (χ3v) is 7.18. The number of likely N-dealkylation sites (tertiary alicyclic amines) is 1. The Labute approximate surface area is 225 Å². The van der Waals surface area contributed by atoms with Crippen molar-refractivity contribution in [2.45, 2.75) is 32.4 Å². The summed E-state index contributed by atoms with van der Waals surface area (Å²) in [7, 11) is 0. The van der Waals surface area contributed by atoms with Crippen LogP contribution < -0.4 is 5.32 Å². The lowest BCUT2D eigenvalue weighted by molar-refractivity contribution is 0.102. The zero-order valence-corrected chi connectivity index (χ0v) is 21.6. The molecule has 1 saturated heterocycles. The lowest BCUT2D eigenvalue weighted by atomic mass is 10.0. The maximum absolute atomic E-state index is 13.0. The minimum atomic E-state index is -0.342. The van der Waals surface area contributed by atoms with Crippen molar-refractivity contribution in [2.75, 3.05) is 18.4 Å². The maximum atomic E-state index is 13.0. The van der Waals surface area contributed by atoms with E-state index in [0.29, 0.717) is 33.0 Å². The fourth-order valence-electron chi connectivity index (χ4n) is 4.79. The molecule has 190 valence electrons. The van der Waals surface area contributed by atoms with Crippen LogP contribution in [-0.2, 0) is 6.54 Å². The second kappa shape index (κ2) is 11.0. The second-order valence-corrected chi connectivity index (χ2v) is 9.63. The summed E-state index contributed by atoms with van der Waals surface area (Å²) in [6.07, 6.45) is 8.75. The number of terminal acetylenes is 1. The molecule has 1 fully saturated rings. The van der Waals surface area contributed by atoms with Gasteiger partial charge >= 0.3 is 0 Å². The van der Waals surface area contributed by atoms with E-state index in [1.54, 1.807) is 24.3 Å². The molecule has 1 amide bonds. The number of aromatic nitrogens is 3. The van der Waals surface area contributed by atoms with Crippen LogP contribution in [0.25, 0.3) is 21.5 Å². The Morgan fingerprint density at radius 2 is 1.92 bits per heavy atom. The average molecular weight is 525 g/mol. The highest BCUT2D eigenvalue weighted by molar-refractivity contribution is 6.39. The monoisotopic (exact) mass is 524 g/mol. The van der Waals surface area contributed by atoms with E-state index in [0.717, 1.165) is 43.7 Å². The maximum Gasteiger partial charge on any atom is 0.258 e. The van der Waals surface area contributed by atoms with E-state index < -0.39 is 0 Å². The lowest BCUT2D eigenvalue weighted by Gasteiger charge is -2.32. The topological polar surface area (TPSA) is 112 Å². The molecule has 2 aromatic heterocycles. The van der Waals surface area contributed by atoms with Crippen molar-refractivity contribution in [1.29, 1.82) is 0 Å². The number of amides is 1. The Hall–Kier alpha value is -4.35. The van der Waals surface area contributed by atoms with Gasteiger partial charge in [0.05, 0.1) is 27.7 Å². The molecule has 2 aromatic carbocycles. The number of piperidine rings is 1. The van der Waals surface area contributed by atoms with Crippen LogP contribution in [-0.4, -0.2) is 38.7 Å². The Morgan fingerprint density at radius 3 is 2.58 bits per heavy atom. The second-order valence-electron chi connectivity index (χ2n) is 9.25. The number of pyridine rings is 1. The quantitative estimate of drug-likeness (QED) is 0.136. The van der Waals surface area contributed by atoms with E-state index >= 15 is 0 Å². The standard InChI is InChI=1S/C28H25ClN8O/c1-3-19-4-8-21(9-5-19)32-28(38)24-16-31-27-25(26(24)29)18(2)34-37(27)23-12-14-36(15-13-23)17-20-6-10-22(11-7-20)33-35-30/h1,4-11,16,23H,12-15,17H2,2H3,(H,32,38). The molecule has 1 aliphatic rings. The third kappa shape index (κ3) is 5.20. The number of rotatable bonds is 6. The molecule has 4 aromatic rings. The van der Waals surface area contributed by atoms with E-state index in [-0.39, 0.29) is 11.9 Å². The summed E-state index contributed by atoms with van der Waals surface area (Å²) in [5, 5.41) is 12.3. The van der Waals surface area contributed by atoms with Crippen LogP contribution in [0.1, 0.15) is 46.1 Å². The van der Waals surface area contributed by atoms with Gasteiger partial charge in [0.1, 0.15) is 0 Å². The molecule has 10 heteroatoms. The predicted molar refractivity (Wildman–Crippen MR) is 148 cm³/mol. The first-order chi connectivity index (χ1) is 18.5. The van der Waals surface area contributed by atoms with Gasteiger partial charge in [0.2, 0.25) is 0 Å². The van der Waals surface area contributed by atoms with Crippen LogP contribution in [0.5, 0.6) is 0 Å². The number of nitrogens with zero attached hydrogens (tertiary/aromatic N) is 7. The van der Waals surface area contributed by atoms with E-state index in [1.165, 1.54) is 11.8 Å². The van der Waals surface area contributed by atoms with Crippen LogP contribution in [0.4, 0.5) is 11.4 Å². The van der Waals surface area contributed by atoms with Gasteiger partial charge in [-0.05, 0) is 55.1 Å². The van der Waals surface area contributed by atoms with Gasteiger partial charge in [-0.15, -0.1) is 6.42 Å². The molecular weight excluding hydrogens is 500 g/mol. The fourth-order valence-corrected chi connectivity index (χ4v) is 5.15. The highest BCUT2D eigenvalue weighted by atomic mass is 35.5. The van der Waals surface area contributed by atoms with Crippen molar-refractivity contribution in [2.24, 2.45) is 5.11 Å². The Bertz CT molecular complexity index is 1570. The van der Waals surface area contributed by atoms with Gasteiger partial charge in [-0.25, -0.2) is 9.67 Å². The summed E-state index contributed by atoms with van der Waals surface area (Å²) in [6.45, 7) is 4.55. The highest BCUT2D eigenvalue weighted by Crippen LogP contribution is 2.33. The minimum Gasteiger partial charge on any atom is -0.322 e. The highest BCUT2D eigenvalue weighted by Gasteiger charge is 2.26. The number of nitrogens with one attached hydrogen (secondary N) is 1. The largest absolute Gasteiger partial charge is 0.322 e. The Kier molecular flexibility index (Phi) is 7.29. The summed E-state index contributed by atoms with van der Waals surface area (Å²) in [4.78, 5) is 22.8. The van der Waals surface area contributed by atoms with Crippen molar-refractivity contribution in [3.05, 3.63) is 92.6 Å². The normalized spacial score (nSPS) is 14.1. The number of azide groups is 1. The van der Waals surface area contributed by atoms with Crippen LogP contribution in [0.15, 0.2) is 59.8 Å². The number of aryl methyl sites for hydroxylation is 1. The van der Waals surface area contributed by atoms with Gasteiger partial charge < -0.3 is 5.32 Å². The van der Waals surface area contributed by atoms with E-state index in [1.807, 2.05) is 35.9 Å². The molecule has 0 bridgehead atoms. The lowest BCUT2D eigenvalue weighted by Crippen LogP contribution is -2.34. The van der Waals surface area contributed by atoms with Gasteiger partial charge in [0.25, 0.3) is 5.91 Å². The molecule has 5 rings (SSSR count). The zero-order valence-electron chi connectivity index (χ0n) is 20.8. The van der Waals surface area contributed by atoms with E-state index in [2.05, 4.69) is 31.1 Å². The molecular formula is C28H25ClN8O. The molecule has 38 heavy (non-hydrogen) atoms. The molecule has 3 heterocycles. The minimum absolute atomic E-state index is 0.188. The zero-order chi connectivity index (χ0) is 26.6. The molecule has 1 N–H and O–H groups in total. The molecule has 0 spiro atoms. The van der Waals surface area contributed by atoms with Gasteiger partial charge in [-0.1, -0.05) is 46.9 Å². The summed E-state index contributed by atoms with van der Waals surface area (Å²) < 4.78 is 1.96. The first-order valence-corrected chi connectivity index (χ1v) is 12.6. The number of hydrogen-bond acceptors (Lipinski definition) is 5. The number of anilines is 1. The van der Waals surface area contributed by atoms with Gasteiger partial charge in [-0.3, -0.25) is 9.69 Å². The summed E-state index contributed by atoms with van der Waals surface area (Å²) in [5.74, 6) is 2.21. The van der Waals surface area contributed by atoms with Crippen molar-refractivity contribution in [3.63, 3.8) is 0 Å². The predicted octanol–water partition coefficient (Wildman–Crippen LogP) is 6.41. The molecule has 0 unspecified atom stereocenters. The van der Waals surface area contributed by atoms with Crippen LogP contribution in [0.2, 0.25) is 5.02 Å². The number of hydrogen-bond donors (Lipinski definition) is 1. The van der Waals surface area contributed by atoms with Crippen LogP contribution >= 0.6 is 11.6 Å². The SMILES string of the molecule is C#Cc1ccc(NC(=O)c2cnc3c(c(C)nn3C3CCN(Cc4ccc(N=[N+]=[N-])cc4)CC3)c2Cl)cc1. The molecule has 0 aliphatic carbocycles. The van der Waals surface area contributed by atoms with Crippen LogP contribution in [0, 0.1) is 19.3 Å². The van der Waals surface area contributed by atoms with E-state index in [4.69, 9.17) is 28.7 Å². The first kappa shape index (κ1) is 25.3. The average Bonchev–Trinajstić information content (AvgIpc) is 3.28. The van der Waals surface area contributed by atoms with Gasteiger partial charge in [-0.2, -0.15) is 5.10 Å².